The van der Waals surface area contributed by atoms with Crippen LogP contribution in [0.5, 0.6) is 5.75 Å². The number of amides is 1. The second-order valence-corrected chi connectivity index (χ2v) is 6.89. The molecule has 2 rings (SSSR count). The summed E-state index contributed by atoms with van der Waals surface area (Å²) in [5, 5.41) is 12.1. The minimum atomic E-state index is -0.768. The van der Waals surface area contributed by atoms with Crippen molar-refractivity contribution in [2.45, 2.75) is 45.6 Å². The van der Waals surface area contributed by atoms with Gasteiger partial charge >= 0.3 is 5.97 Å². The van der Waals surface area contributed by atoms with Crippen LogP contribution >= 0.6 is 0 Å². The van der Waals surface area contributed by atoms with Gasteiger partial charge in [0.2, 0.25) is 5.91 Å². The fraction of sp³-hybridized carbons (Fsp3) is 0.556. The normalized spacial score (nSPS) is 21.0. The van der Waals surface area contributed by atoms with Crippen LogP contribution in [0.2, 0.25) is 0 Å². The van der Waals surface area contributed by atoms with Crippen LogP contribution in [-0.4, -0.2) is 30.1 Å². The number of ether oxygens (including phenoxy) is 1. The predicted molar refractivity (Wildman–Crippen MR) is 87.4 cm³/mol. The van der Waals surface area contributed by atoms with Gasteiger partial charge in [-0.05, 0) is 37.3 Å². The molecule has 0 saturated heterocycles. The number of nitrogens with one attached hydrogen (secondary N) is 1. The van der Waals surface area contributed by atoms with Gasteiger partial charge in [-0.3, -0.25) is 9.59 Å². The quantitative estimate of drug-likeness (QED) is 0.845. The standard InChI is InChI=1S/C18H25NO4/c1-18(2,11-13-6-4-5-7-15(13)23-3)17(22)19-14-9-8-12(10-14)16(20)21/h4-7,12,14H,8-11H2,1-3H3,(H,19,22)(H,20,21)/t12-,14+/m1/s1. The number of hydrogen-bond donors (Lipinski definition) is 2. The molecule has 1 aromatic rings. The van der Waals surface area contributed by atoms with E-state index >= 15 is 0 Å². The van der Waals surface area contributed by atoms with Crippen LogP contribution in [-0.2, 0) is 16.0 Å². The van der Waals surface area contributed by atoms with Crippen LogP contribution in [0.1, 0.15) is 38.7 Å². The van der Waals surface area contributed by atoms with Crippen LogP contribution in [0.25, 0.3) is 0 Å². The lowest BCUT2D eigenvalue weighted by molar-refractivity contribution is -0.141. The molecule has 0 spiro atoms. The summed E-state index contributed by atoms with van der Waals surface area (Å²) in [5.74, 6) is -0.368. The molecule has 1 aromatic carbocycles. The number of methoxy groups -OCH3 is 1. The van der Waals surface area contributed by atoms with Gasteiger partial charge in [0.15, 0.2) is 0 Å². The van der Waals surface area contributed by atoms with E-state index in [9.17, 15) is 9.59 Å². The molecule has 0 aliphatic heterocycles. The number of carbonyl (C=O) groups excluding carboxylic acids is 1. The fourth-order valence-electron chi connectivity index (χ4n) is 3.12. The molecule has 0 heterocycles. The van der Waals surface area contributed by atoms with Gasteiger partial charge in [0.05, 0.1) is 13.0 Å². The first-order chi connectivity index (χ1) is 10.8. The number of carboxylic acid groups (broad SMARTS) is 1. The van der Waals surface area contributed by atoms with Crippen LogP contribution in [0.4, 0.5) is 0 Å². The second-order valence-electron chi connectivity index (χ2n) is 6.89. The van der Waals surface area contributed by atoms with Crippen molar-refractivity contribution >= 4 is 11.9 Å². The van der Waals surface area contributed by atoms with E-state index in [0.29, 0.717) is 19.3 Å². The molecule has 0 bridgehead atoms. The van der Waals surface area contributed by atoms with Crippen molar-refractivity contribution in [3.63, 3.8) is 0 Å². The summed E-state index contributed by atoms with van der Waals surface area (Å²) in [6, 6.07) is 7.64. The zero-order chi connectivity index (χ0) is 17.0. The Balaban J connectivity index is 1.99. The number of aliphatic carboxylic acids is 1. The van der Waals surface area contributed by atoms with Crippen LogP contribution in [0.3, 0.4) is 0 Å². The van der Waals surface area contributed by atoms with E-state index in [1.165, 1.54) is 0 Å². The molecule has 1 aliphatic carbocycles. The van der Waals surface area contributed by atoms with Crippen molar-refractivity contribution in [1.82, 2.24) is 5.32 Å². The first kappa shape index (κ1) is 17.3. The molecule has 0 unspecified atom stereocenters. The molecule has 2 N–H and O–H groups in total. The number of carbonyl (C=O) groups is 2. The van der Waals surface area contributed by atoms with Gasteiger partial charge in [-0.15, -0.1) is 0 Å². The van der Waals surface area contributed by atoms with E-state index in [0.717, 1.165) is 17.7 Å². The molecular weight excluding hydrogens is 294 g/mol. The number of hydrogen-bond acceptors (Lipinski definition) is 3. The van der Waals surface area contributed by atoms with E-state index in [-0.39, 0.29) is 17.9 Å². The molecule has 1 fully saturated rings. The monoisotopic (exact) mass is 319 g/mol. The third-order valence-corrected chi connectivity index (χ3v) is 4.56. The van der Waals surface area contributed by atoms with E-state index < -0.39 is 11.4 Å². The van der Waals surface area contributed by atoms with Gasteiger partial charge in [-0.2, -0.15) is 0 Å². The summed E-state index contributed by atoms with van der Waals surface area (Å²) in [6.07, 6.45) is 2.45. The Bertz CT molecular complexity index is 582. The first-order valence-corrected chi connectivity index (χ1v) is 7.99. The SMILES string of the molecule is COc1ccccc1CC(C)(C)C(=O)N[C@H]1CC[C@@H](C(=O)O)C1. The highest BCUT2D eigenvalue weighted by atomic mass is 16.5. The van der Waals surface area contributed by atoms with E-state index in [2.05, 4.69) is 5.32 Å². The van der Waals surface area contributed by atoms with E-state index in [4.69, 9.17) is 9.84 Å². The summed E-state index contributed by atoms with van der Waals surface area (Å²) < 4.78 is 5.35. The molecule has 5 nitrogen and oxygen atoms in total. The molecule has 126 valence electrons. The average Bonchev–Trinajstić information content (AvgIpc) is 2.96. The Morgan fingerprint density at radius 2 is 2.00 bits per heavy atom. The number of para-hydroxylation sites is 1. The van der Waals surface area contributed by atoms with Crippen molar-refractivity contribution in [2.75, 3.05) is 7.11 Å². The minimum absolute atomic E-state index is 0.0412. The maximum absolute atomic E-state index is 12.6. The average molecular weight is 319 g/mol. The molecule has 0 aromatic heterocycles. The highest BCUT2D eigenvalue weighted by Crippen LogP contribution is 2.30. The van der Waals surface area contributed by atoms with Gasteiger partial charge < -0.3 is 15.2 Å². The molecule has 0 radical (unpaired) electrons. The summed E-state index contributed by atoms with van der Waals surface area (Å²) in [4.78, 5) is 23.6. The lowest BCUT2D eigenvalue weighted by Crippen LogP contribution is -2.43. The first-order valence-electron chi connectivity index (χ1n) is 7.99. The maximum Gasteiger partial charge on any atom is 0.306 e. The maximum atomic E-state index is 12.6. The van der Waals surface area contributed by atoms with E-state index in [1.54, 1.807) is 7.11 Å². The van der Waals surface area contributed by atoms with Gasteiger partial charge in [-0.1, -0.05) is 32.0 Å². The zero-order valence-corrected chi connectivity index (χ0v) is 14.0. The number of rotatable bonds is 6. The van der Waals surface area contributed by atoms with Crippen LogP contribution < -0.4 is 10.1 Å². The summed E-state index contributed by atoms with van der Waals surface area (Å²) in [5.41, 5.74) is 0.403. The lowest BCUT2D eigenvalue weighted by Gasteiger charge is -2.26. The molecule has 2 atom stereocenters. The van der Waals surface area contributed by atoms with Gasteiger partial charge in [-0.25, -0.2) is 0 Å². The summed E-state index contributed by atoms with van der Waals surface area (Å²) in [7, 11) is 1.62. The zero-order valence-electron chi connectivity index (χ0n) is 14.0. The molecule has 1 saturated carbocycles. The topological polar surface area (TPSA) is 75.6 Å². The van der Waals surface area contributed by atoms with Crippen molar-refractivity contribution in [1.29, 1.82) is 0 Å². The molecule has 23 heavy (non-hydrogen) atoms. The summed E-state index contributed by atoms with van der Waals surface area (Å²) >= 11 is 0. The number of benzene rings is 1. The second kappa shape index (κ2) is 7.02. The third-order valence-electron chi connectivity index (χ3n) is 4.56. The Morgan fingerprint density at radius 1 is 1.30 bits per heavy atom. The third kappa shape index (κ3) is 4.24. The van der Waals surface area contributed by atoms with E-state index in [1.807, 2.05) is 38.1 Å². The van der Waals surface area contributed by atoms with Gasteiger partial charge in [0.25, 0.3) is 0 Å². The minimum Gasteiger partial charge on any atom is -0.496 e. The largest absolute Gasteiger partial charge is 0.496 e. The number of carboxylic acids is 1. The van der Waals surface area contributed by atoms with Gasteiger partial charge in [0.1, 0.15) is 5.75 Å². The highest BCUT2D eigenvalue weighted by Gasteiger charge is 2.35. The Labute approximate surface area is 137 Å². The lowest BCUT2D eigenvalue weighted by atomic mass is 9.84. The van der Waals surface area contributed by atoms with Crippen LogP contribution in [0, 0.1) is 11.3 Å². The molecule has 1 amide bonds. The molecular formula is C18H25NO4. The Morgan fingerprint density at radius 3 is 2.61 bits per heavy atom. The predicted octanol–water partition coefficient (Wildman–Crippen LogP) is 2.63. The smallest absolute Gasteiger partial charge is 0.306 e. The van der Waals surface area contributed by atoms with Crippen molar-refractivity contribution < 1.29 is 19.4 Å². The fourth-order valence-corrected chi connectivity index (χ4v) is 3.12. The summed E-state index contributed by atoms with van der Waals surface area (Å²) in [6.45, 7) is 3.80. The Hall–Kier alpha value is -2.04. The van der Waals surface area contributed by atoms with Gasteiger partial charge in [0, 0.05) is 11.5 Å². The molecule has 1 aliphatic rings. The Kier molecular flexibility index (Phi) is 5.29. The van der Waals surface area contributed by atoms with Crippen molar-refractivity contribution in [2.24, 2.45) is 11.3 Å². The van der Waals surface area contributed by atoms with Crippen molar-refractivity contribution in [3.8, 4) is 5.75 Å². The molecule has 5 heteroatoms. The van der Waals surface area contributed by atoms with Crippen molar-refractivity contribution in [3.05, 3.63) is 29.8 Å². The van der Waals surface area contributed by atoms with Crippen LogP contribution in [0.15, 0.2) is 24.3 Å². The highest BCUT2D eigenvalue weighted by molar-refractivity contribution is 5.82.